The summed E-state index contributed by atoms with van der Waals surface area (Å²) >= 11 is 0.427. The van der Waals surface area contributed by atoms with E-state index in [4.69, 9.17) is 4.74 Å². The molecule has 11 heteroatoms. The van der Waals surface area contributed by atoms with Gasteiger partial charge in [-0.15, -0.1) is 0 Å². The van der Waals surface area contributed by atoms with E-state index in [-0.39, 0.29) is 38.1 Å². The molecule has 1 aromatic heterocycles. The number of ether oxygens (including phenoxy) is 1. The standard InChI is InChI=1S/C28H35IN2O6S2/c1-27(2)18-9-10-28(27,3)22(15-18)37-26(36)29-11-5-12-31(29)25(35)19(16-39-23-6-4-13-38-23)30-24(34)17-7-8-20(32)21(33)14-17/h4,6-8,13-14,18-19,22,32-33H,5,9-12,15-16H2,1-3H3,(H,30,34). The van der Waals surface area contributed by atoms with E-state index in [2.05, 4.69) is 26.1 Å². The molecule has 2 aliphatic carbocycles. The third kappa shape index (κ3) is 5.38. The van der Waals surface area contributed by atoms with Crippen molar-refractivity contribution < 1.29 is 29.3 Å². The van der Waals surface area contributed by atoms with Gasteiger partial charge in [0.25, 0.3) is 0 Å². The molecule has 3 fully saturated rings. The number of phenols is 2. The van der Waals surface area contributed by atoms with Crippen LogP contribution >= 0.6 is 43.2 Å². The summed E-state index contributed by atoms with van der Waals surface area (Å²) in [4.78, 5) is 40.5. The van der Waals surface area contributed by atoms with Gasteiger partial charge in [0.2, 0.25) is 0 Å². The van der Waals surface area contributed by atoms with Gasteiger partial charge in [-0.1, -0.05) is 0 Å². The second-order valence-corrected chi connectivity index (χ2v) is 18.6. The van der Waals surface area contributed by atoms with Crippen LogP contribution in [-0.2, 0) is 9.53 Å². The molecule has 4 unspecified atom stereocenters. The first-order valence-corrected chi connectivity index (χ1v) is 18.6. The fourth-order valence-corrected chi connectivity index (χ4v) is 13.0. The Hall–Kier alpha value is -1.99. The molecule has 8 nitrogen and oxygen atoms in total. The summed E-state index contributed by atoms with van der Waals surface area (Å²) < 4.78 is 9.45. The average Bonchev–Trinajstić information content (AvgIpc) is 3.67. The van der Waals surface area contributed by atoms with Gasteiger partial charge in [0.15, 0.2) is 0 Å². The Balaban J connectivity index is 1.30. The van der Waals surface area contributed by atoms with E-state index in [0.717, 1.165) is 23.5 Å². The third-order valence-corrected chi connectivity index (χ3v) is 16.7. The monoisotopic (exact) mass is 686 g/mol. The van der Waals surface area contributed by atoms with Crippen molar-refractivity contribution in [2.24, 2.45) is 16.7 Å². The second kappa shape index (κ2) is 11.1. The van der Waals surface area contributed by atoms with Gasteiger partial charge in [0.1, 0.15) is 0 Å². The number of thioether (sulfide) groups is 1. The molecule has 5 rings (SSSR count). The average molecular weight is 687 g/mol. The molecule has 2 bridgehead atoms. The molecule has 1 aliphatic heterocycles. The first kappa shape index (κ1) is 28.5. The molecule has 4 atom stereocenters. The quantitative estimate of drug-likeness (QED) is 0.0773. The van der Waals surface area contributed by atoms with Crippen LogP contribution in [0.4, 0.5) is 4.79 Å². The first-order valence-electron chi connectivity index (χ1n) is 13.2. The number of alkyl halides is 1. The van der Waals surface area contributed by atoms with Crippen molar-refractivity contribution in [2.75, 3.05) is 16.7 Å². The maximum absolute atomic E-state index is 13.9. The zero-order chi connectivity index (χ0) is 27.9. The van der Waals surface area contributed by atoms with Gasteiger partial charge in [0.05, 0.1) is 0 Å². The number of nitrogens with zero attached hydrogens (tertiary/aromatic N) is 1. The zero-order valence-electron chi connectivity index (χ0n) is 22.3. The second-order valence-electron chi connectivity index (χ2n) is 11.2. The molecular formula is C28H35IN2O6S2. The van der Waals surface area contributed by atoms with Crippen LogP contribution in [0.15, 0.2) is 39.9 Å². The predicted molar refractivity (Wildman–Crippen MR) is 161 cm³/mol. The fourth-order valence-electron chi connectivity index (χ4n) is 6.13. The van der Waals surface area contributed by atoms with Crippen molar-refractivity contribution in [3.63, 3.8) is 0 Å². The number of benzene rings is 1. The number of fused-ring (bicyclic) bond motifs is 2. The fraction of sp³-hybridized carbons (Fsp3) is 0.536. The number of phenolic OH excluding ortho intramolecular Hbond substituents is 2. The molecule has 0 radical (unpaired) electrons. The number of thiophene rings is 1. The number of hydrogen-bond donors (Lipinski definition) is 3. The summed E-state index contributed by atoms with van der Waals surface area (Å²) in [6.07, 6.45) is 3.77. The number of halogens is 1. The predicted octanol–water partition coefficient (Wildman–Crippen LogP) is 6.06. The summed E-state index contributed by atoms with van der Waals surface area (Å²) in [5, 5.41) is 24.2. The van der Waals surface area contributed by atoms with Gasteiger partial charge < -0.3 is 0 Å². The van der Waals surface area contributed by atoms with Gasteiger partial charge in [0, 0.05) is 0 Å². The van der Waals surface area contributed by atoms with Crippen molar-refractivity contribution >= 4 is 59.0 Å². The molecule has 2 saturated carbocycles. The van der Waals surface area contributed by atoms with E-state index in [1.54, 1.807) is 14.5 Å². The number of carbonyl (C=O) groups is 3. The minimum atomic E-state index is -2.61. The molecule has 212 valence electrons. The number of carbonyl (C=O) groups excluding carboxylic acids is 3. The number of aromatic hydroxyl groups is 2. The Morgan fingerprint density at radius 2 is 2.03 bits per heavy atom. The van der Waals surface area contributed by atoms with Crippen LogP contribution in [0.25, 0.3) is 0 Å². The molecule has 0 spiro atoms. The van der Waals surface area contributed by atoms with Crippen LogP contribution in [0, 0.1) is 16.7 Å². The number of rotatable bonds is 8. The van der Waals surface area contributed by atoms with E-state index < -0.39 is 37.8 Å². The maximum atomic E-state index is 13.9. The Bertz CT molecular complexity index is 1250. The molecule has 3 N–H and O–H groups in total. The molecule has 2 amide bonds. The van der Waals surface area contributed by atoms with Crippen LogP contribution < -0.4 is 5.32 Å². The van der Waals surface area contributed by atoms with Crippen molar-refractivity contribution in [1.82, 2.24) is 8.43 Å². The van der Waals surface area contributed by atoms with Gasteiger partial charge in [-0.3, -0.25) is 0 Å². The minimum absolute atomic E-state index is 0.0401. The van der Waals surface area contributed by atoms with Crippen molar-refractivity contribution in [3.8, 4) is 11.5 Å². The summed E-state index contributed by atoms with van der Waals surface area (Å²) in [5.74, 6) is -0.666. The molecule has 2 heterocycles. The van der Waals surface area contributed by atoms with E-state index >= 15 is 0 Å². The number of hydrogen-bond acceptors (Lipinski definition) is 8. The third-order valence-electron chi connectivity index (χ3n) is 9.01. The van der Waals surface area contributed by atoms with Crippen molar-refractivity contribution in [3.05, 3.63) is 41.3 Å². The van der Waals surface area contributed by atoms with Crippen LogP contribution in [0.2, 0.25) is 0 Å². The summed E-state index contributed by atoms with van der Waals surface area (Å²) in [7, 11) is 0. The van der Waals surface area contributed by atoms with E-state index in [0.29, 0.717) is 22.6 Å². The molecule has 1 saturated heterocycles. The van der Waals surface area contributed by atoms with Crippen molar-refractivity contribution in [2.45, 2.75) is 62.8 Å². The SMILES string of the molecule is CC1(C)C2CCC1(C)C(OC(=O)I1CCCN1C(=O)C(CSc1cccs1)NC(=O)c1ccc(O)c(O)c1)C2. The first-order chi connectivity index (χ1) is 18.5. The zero-order valence-corrected chi connectivity index (χ0v) is 26.1. The molecule has 1 aromatic carbocycles. The van der Waals surface area contributed by atoms with E-state index in [1.807, 2.05) is 17.5 Å². The van der Waals surface area contributed by atoms with E-state index in [1.165, 1.54) is 36.4 Å². The van der Waals surface area contributed by atoms with Crippen LogP contribution in [-0.4, -0.2) is 58.0 Å². The van der Waals surface area contributed by atoms with Crippen LogP contribution in [0.3, 0.4) is 0 Å². The molecule has 2 aromatic rings. The Labute approximate surface area is 244 Å². The van der Waals surface area contributed by atoms with Crippen LogP contribution in [0.1, 0.15) is 56.8 Å². The Kier molecular flexibility index (Phi) is 8.13. The molecular weight excluding hydrogens is 651 g/mol. The van der Waals surface area contributed by atoms with Gasteiger partial charge in [-0.2, -0.15) is 0 Å². The molecule has 39 heavy (non-hydrogen) atoms. The van der Waals surface area contributed by atoms with Crippen LogP contribution in [0.5, 0.6) is 11.5 Å². The van der Waals surface area contributed by atoms with Gasteiger partial charge >= 0.3 is 246 Å². The normalized spacial score (nSPS) is 26.9. The van der Waals surface area contributed by atoms with E-state index in [9.17, 15) is 24.6 Å². The Morgan fingerprint density at radius 1 is 1.23 bits per heavy atom. The molecule has 3 aliphatic rings. The Morgan fingerprint density at radius 3 is 2.67 bits per heavy atom. The number of amides is 2. The summed E-state index contributed by atoms with van der Waals surface area (Å²) in [5.41, 5.74) is 0.221. The summed E-state index contributed by atoms with van der Waals surface area (Å²) in [6.45, 7) is 7.31. The number of nitrogens with one attached hydrogen (secondary N) is 1. The van der Waals surface area contributed by atoms with Crippen molar-refractivity contribution in [1.29, 1.82) is 0 Å². The topological polar surface area (TPSA) is 116 Å². The summed E-state index contributed by atoms with van der Waals surface area (Å²) in [6, 6.07) is 6.83. The van der Waals surface area contributed by atoms with Gasteiger partial charge in [-0.05, 0) is 0 Å². The van der Waals surface area contributed by atoms with Gasteiger partial charge in [-0.25, -0.2) is 0 Å².